The molecular formula is C10H10N4OS. The highest BCUT2D eigenvalue weighted by molar-refractivity contribution is 7.80. The fourth-order valence-electron chi connectivity index (χ4n) is 1.20. The summed E-state index contributed by atoms with van der Waals surface area (Å²) in [5.74, 6) is 0.801. The van der Waals surface area contributed by atoms with Crippen molar-refractivity contribution in [3.05, 3.63) is 35.7 Å². The SMILES string of the molecule is Cc1cc(Oc2ncccc2C(N)=S)n[nH]1. The number of hydrogen-bond donors (Lipinski definition) is 2. The first-order valence-electron chi connectivity index (χ1n) is 4.61. The standard InChI is InChI=1S/C10H10N4OS/c1-6-5-8(14-13-6)15-10-7(9(11)16)3-2-4-12-10/h2-5H,1H3,(H2,11,16)(H,13,14). The topological polar surface area (TPSA) is 76.8 Å². The Morgan fingerprint density at radius 2 is 2.38 bits per heavy atom. The van der Waals surface area contributed by atoms with E-state index in [4.69, 9.17) is 22.7 Å². The van der Waals surface area contributed by atoms with Gasteiger partial charge in [0.25, 0.3) is 0 Å². The van der Waals surface area contributed by atoms with Gasteiger partial charge in [-0.1, -0.05) is 12.2 Å². The molecule has 0 amide bonds. The molecule has 16 heavy (non-hydrogen) atoms. The lowest BCUT2D eigenvalue weighted by atomic mass is 10.3. The molecule has 0 unspecified atom stereocenters. The van der Waals surface area contributed by atoms with Crippen molar-refractivity contribution < 1.29 is 4.74 Å². The summed E-state index contributed by atoms with van der Waals surface area (Å²) in [5, 5.41) is 6.71. The number of aryl methyl sites for hydroxylation is 1. The first-order valence-corrected chi connectivity index (χ1v) is 5.02. The third-order valence-electron chi connectivity index (χ3n) is 1.92. The van der Waals surface area contributed by atoms with Gasteiger partial charge >= 0.3 is 0 Å². The van der Waals surface area contributed by atoms with E-state index in [9.17, 15) is 0 Å². The first-order chi connectivity index (χ1) is 7.66. The predicted molar refractivity (Wildman–Crippen MR) is 63.5 cm³/mol. The van der Waals surface area contributed by atoms with Crippen LogP contribution in [0.4, 0.5) is 0 Å². The number of pyridine rings is 1. The van der Waals surface area contributed by atoms with Gasteiger partial charge in [0.2, 0.25) is 11.8 Å². The number of nitrogens with zero attached hydrogens (tertiary/aromatic N) is 2. The van der Waals surface area contributed by atoms with Gasteiger partial charge in [0.15, 0.2) is 0 Å². The molecule has 0 aliphatic carbocycles. The highest BCUT2D eigenvalue weighted by atomic mass is 32.1. The molecule has 0 saturated carbocycles. The van der Waals surface area contributed by atoms with Crippen LogP contribution in [0.5, 0.6) is 11.8 Å². The maximum absolute atomic E-state index is 5.56. The summed E-state index contributed by atoms with van der Waals surface area (Å²) in [6, 6.07) is 5.26. The van der Waals surface area contributed by atoms with Gasteiger partial charge in [0, 0.05) is 18.0 Å². The summed E-state index contributed by atoms with van der Waals surface area (Å²) in [6.07, 6.45) is 1.61. The van der Waals surface area contributed by atoms with Gasteiger partial charge in [-0.05, 0) is 19.1 Å². The van der Waals surface area contributed by atoms with Crippen molar-refractivity contribution in [1.29, 1.82) is 0 Å². The van der Waals surface area contributed by atoms with Crippen LogP contribution in [0.2, 0.25) is 0 Å². The highest BCUT2D eigenvalue weighted by Crippen LogP contribution is 2.21. The molecule has 2 heterocycles. The quantitative estimate of drug-likeness (QED) is 0.788. The average Bonchev–Trinajstić information content (AvgIpc) is 2.64. The van der Waals surface area contributed by atoms with Gasteiger partial charge in [-0.2, -0.15) is 0 Å². The molecule has 0 aromatic carbocycles. The van der Waals surface area contributed by atoms with Crippen LogP contribution < -0.4 is 10.5 Å². The van der Waals surface area contributed by atoms with Crippen LogP contribution in [0.25, 0.3) is 0 Å². The van der Waals surface area contributed by atoms with Crippen molar-refractivity contribution >= 4 is 17.2 Å². The minimum absolute atomic E-state index is 0.246. The van der Waals surface area contributed by atoms with Crippen molar-refractivity contribution in [1.82, 2.24) is 15.2 Å². The summed E-state index contributed by atoms with van der Waals surface area (Å²) in [4.78, 5) is 4.31. The van der Waals surface area contributed by atoms with Crippen molar-refractivity contribution in [2.45, 2.75) is 6.92 Å². The van der Waals surface area contributed by atoms with E-state index in [0.29, 0.717) is 17.3 Å². The van der Waals surface area contributed by atoms with Crippen LogP contribution in [0, 0.1) is 6.92 Å². The second kappa shape index (κ2) is 4.28. The smallest absolute Gasteiger partial charge is 0.240 e. The number of hydrogen-bond acceptors (Lipinski definition) is 4. The molecule has 6 heteroatoms. The zero-order valence-electron chi connectivity index (χ0n) is 8.60. The van der Waals surface area contributed by atoms with Crippen LogP contribution in [-0.4, -0.2) is 20.2 Å². The largest absolute Gasteiger partial charge is 0.418 e. The number of thiocarbonyl (C=S) groups is 1. The fourth-order valence-corrected chi connectivity index (χ4v) is 1.36. The van der Waals surface area contributed by atoms with E-state index in [1.165, 1.54) is 0 Å². The summed E-state index contributed by atoms with van der Waals surface area (Å²) >= 11 is 4.90. The Hall–Kier alpha value is -1.95. The minimum atomic E-state index is 0.246. The van der Waals surface area contributed by atoms with E-state index >= 15 is 0 Å². The van der Waals surface area contributed by atoms with Crippen molar-refractivity contribution in [2.75, 3.05) is 0 Å². The molecule has 82 valence electrons. The number of H-pyrrole nitrogens is 1. The molecule has 0 aliphatic heterocycles. The van der Waals surface area contributed by atoms with Crippen LogP contribution in [-0.2, 0) is 0 Å². The molecule has 0 saturated heterocycles. The normalized spacial score (nSPS) is 10.1. The number of nitrogens with two attached hydrogens (primary N) is 1. The first kappa shape index (κ1) is 10.6. The van der Waals surface area contributed by atoms with Crippen molar-refractivity contribution in [3.63, 3.8) is 0 Å². The van der Waals surface area contributed by atoms with E-state index in [1.807, 2.05) is 6.92 Å². The maximum Gasteiger partial charge on any atom is 0.240 e. The molecule has 0 aliphatic rings. The van der Waals surface area contributed by atoms with E-state index < -0.39 is 0 Å². The van der Waals surface area contributed by atoms with Crippen molar-refractivity contribution in [3.8, 4) is 11.8 Å². The monoisotopic (exact) mass is 234 g/mol. The highest BCUT2D eigenvalue weighted by Gasteiger charge is 2.09. The van der Waals surface area contributed by atoms with Gasteiger partial charge in [-0.15, -0.1) is 5.10 Å². The van der Waals surface area contributed by atoms with Crippen molar-refractivity contribution in [2.24, 2.45) is 5.73 Å². The molecular weight excluding hydrogens is 224 g/mol. The van der Waals surface area contributed by atoms with E-state index in [-0.39, 0.29) is 4.99 Å². The van der Waals surface area contributed by atoms with Gasteiger partial charge in [0.1, 0.15) is 4.99 Å². The second-order valence-electron chi connectivity index (χ2n) is 3.21. The molecule has 0 atom stereocenters. The lowest BCUT2D eigenvalue weighted by Crippen LogP contribution is -2.11. The summed E-state index contributed by atoms with van der Waals surface area (Å²) in [6.45, 7) is 1.88. The minimum Gasteiger partial charge on any atom is -0.418 e. The second-order valence-corrected chi connectivity index (χ2v) is 3.65. The molecule has 5 nitrogen and oxygen atoms in total. The Bertz CT molecular complexity index is 523. The van der Waals surface area contributed by atoms with Crippen LogP contribution >= 0.6 is 12.2 Å². The van der Waals surface area contributed by atoms with E-state index in [1.54, 1.807) is 24.4 Å². The Labute approximate surface area is 97.6 Å². The predicted octanol–water partition coefficient (Wildman–Crippen LogP) is 1.54. The summed E-state index contributed by atoms with van der Waals surface area (Å²) < 4.78 is 5.47. The molecule has 2 aromatic rings. The van der Waals surface area contributed by atoms with Crippen LogP contribution in [0.3, 0.4) is 0 Å². The third kappa shape index (κ3) is 2.17. The van der Waals surface area contributed by atoms with Gasteiger partial charge in [-0.3, -0.25) is 5.10 Å². The zero-order chi connectivity index (χ0) is 11.5. The fraction of sp³-hybridized carbons (Fsp3) is 0.100. The molecule has 2 aromatic heterocycles. The number of rotatable bonds is 3. The number of aromatic nitrogens is 3. The average molecular weight is 234 g/mol. The molecule has 3 N–H and O–H groups in total. The Kier molecular flexibility index (Phi) is 2.82. The summed E-state index contributed by atoms with van der Waals surface area (Å²) in [7, 11) is 0. The number of aromatic amines is 1. The number of ether oxygens (including phenoxy) is 1. The molecule has 0 bridgehead atoms. The molecule has 0 radical (unpaired) electrons. The number of nitrogens with one attached hydrogen (secondary N) is 1. The van der Waals surface area contributed by atoms with E-state index in [0.717, 1.165) is 5.69 Å². The molecule has 2 rings (SSSR count). The Morgan fingerprint density at radius 3 is 3.00 bits per heavy atom. The van der Waals surface area contributed by atoms with Gasteiger partial charge in [-0.25, -0.2) is 4.98 Å². The maximum atomic E-state index is 5.56. The molecule has 0 fully saturated rings. The Morgan fingerprint density at radius 1 is 1.56 bits per heavy atom. The van der Waals surface area contributed by atoms with Gasteiger partial charge in [0.05, 0.1) is 5.56 Å². The lowest BCUT2D eigenvalue weighted by molar-refractivity contribution is 0.442. The molecule has 0 spiro atoms. The van der Waals surface area contributed by atoms with Crippen LogP contribution in [0.15, 0.2) is 24.4 Å². The van der Waals surface area contributed by atoms with E-state index in [2.05, 4.69) is 15.2 Å². The third-order valence-corrected chi connectivity index (χ3v) is 2.14. The summed E-state index contributed by atoms with van der Waals surface area (Å²) in [5.41, 5.74) is 7.06. The Balaban J connectivity index is 2.31. The van der Waals surface area contributed by atoms with Crippen LogP contribution in [0.1, 0.15) is 11.3 Å². The zero-order valence-corrected chi connectivity index (χ0v) is 9.41. The van der Waals surface area contributed by atoms with Gasteiger partial charge < -0.3 is 10.5 Å². The lowest BCUT2D eigenvalue weighted by Gasteiger charge is -2.05.